The Bertz CT molecular complexity index is 516. The minimum absolute atomic E-state index is 0.830. The van der Waals surface area contributed by atoms with Crippen molar-refractivity contribution in [1.82, 2.24) is 0 Å². The average molecular weight is 406 g/mol. The standard InChI is InChI=1S/C12H9BrINS/c13-8-2-1-3-10(6-8)16-12-5-4-9(14)7-11(12)15/h1-7H,15H2. The lowest BCUT2D eigenvalue weighted by Gasteiger charge is -2.06. The first-order chi connectivity index (χ1) is 7.65. The van der Waals surface area contributed by atoms with Crippen LogP contribution in [0, 0.1) is 3.57 Å². The van der Waals surface area contributed by atoms with Gasteiger partial charge in [0.1, 0.15) is 0 Å². The van der Waals surface area contributed by atoms with Crippen molar-refractivity contribution in [2.75, 3.05) is 5.73 Å². The van der Waals surface area contributed by atoms with Crippen LogP contribution in [0.5, 0.6) is 0 Å². The SMILES string of the molecule is Nc1cc(I)ccc1Sc1cccc(Br)c1. The molecule has 0 unspecified atom stereocenters. The highest BCUT2D eigenvalue weighted by atomic mass is 127. The number of nitrogens with two attached hydrogens (primary N) is 1. The summed E-state index contributed by atoms with van der Waals surface area (Å²) < 4.78 is 2.25. The molecule has 0 bridgehead atoms. The van der Waals surface area contributed by atoms with Crippen LogP contribution in [0.15, 0.2) is 56.7 Å². The van der Waals surface area contributed by atoms with Gasteiger partial charge in [-0.25, -0.2) is 0 Å². The topological polar surface area (TPSA) is 26.0 Å². The van der Waals surface area contributed by atoms with Crippen molar-refractivity contribution in [3.05, 3.63) is 50.5 Å². The third-order valence-electron chi connectivity index (χ3n) is 2.00. The van der Waals surface area contributed by atoms with E-state index >= 15 is 0 Å². The molecule has 2 N–H and O–H groups in total. The Kier molecular flexibility index (Phi) is 4.16. The van der Waals surface area contributed by atoms with Crippen molar-refractivity contribution in [1.29, 1.82) is 0 Å². The first-order valence-corrected chi connectivity index (χ1v) is 7.32. The molecule has 0 heterocycles. The zero-order valence-electron chi connectivity index (χ0n) is 8.28. The van der Waals surface area contributed by atoms with E-state index in [1.54, 1.807) is 11.8 Å². The molecule has 0 aliphatic rings. The third kappa shape index (κ3) is 3.15. The van der Waals surface area contributed by atoms with Crippen LogP contribution in [0.1, 0.15) is 0 Å². The van der Waals surface area contributed by atoms with Crippen LogP contribution in [0.2, 0.25) is 0 Å². The van der Waals surface area contributed by atoms with Crippen molar-refractivity contribution in [3.8, 4) is 0 Å². The van der Waals surface area contributed by atoms with Gasteiger partial charge >= 0.3 is 0 Å². The van der Waals surface area contributed by atoms with Gasteiger partial charge in [0.15, 0.2) is 0 Å². The van der Waals surface area contributed by atoms with E-state index in [2.05, 4.69) is 62.8 Å². The van der Waals surface area contributed by atoms with Gasteiger partial charge in [0.25, 0.3) is 0 Å². The summed E-state index contributed by atoms with van der Waals surface area (Å²) in [6.07, 6.45) is 0. The summed E-state index contributed by atoms with van der Waals surface area (Å²) in [6, 6.07) is 14.3. The highest BCUT2D eigenvalue weighted by molar-refractivity contribution is 14.1. The van der Waals surface area contributed by atoms with Crippen LogP contribution in [-0.4, -0.2) is 0 Å². The molecule has 2 aromatic carbocycles. The highest BCUT2D eigenvalue weighted by Gasteiger charge is 2.02. The zero-order valence-corrected chi connectivity index (χ0v) is 12.8. The lowest BCUT2D eigenvalue weighted by Crippen LogP contribution is -1.88. The molecule has 0 aliphatic carbocycles. The number of halogens is 2. The van der Waals surface area contributed by atoms with E-state index in [9.17, 15) is 0 Å². The molecule has 0 amide bonds. The first-order valence-electron chi connectivity index (χ1n) is 4.63. The number of hydrogen-bond donors (Lipinski definition) is 1. The van der Waals surface area contributed by atoms with Crippen molar-refractivity contribution in [2.24, 2.45) is 0 Å². The third-order valence-corrected chi connectivity index (χ3v) is 4.24. The molecule has 0 saturated carbocycles. The fourth-order valence-electron chi connectivity index (χ4n) is 1.27. The van der Waals surface area contributed by atoms with Crippen LogP contribution in [0.4, 0.5) is 5.69 Å². The summed E-state index contributed by atoms with van der Waals surface area (Å²) in [7, 11) is 0. The van der Waals surface area contributed by atoms with E-state index in [1.165, 1.54) is 4.90 Å². The molecule has 0 fully saturated rings. The molecule has 1 nitrogen and oxygen atoms in total. The Balaban J connectivity index is 2.27. The number of anilines is 1. The molecule has 0 radical (unpaired) electrons. The molecule has 16 heavy (non-hydrogen) atoms. The monoisotopic (exact) mass is 405 g/mol. The van der Waals surface area contributed by atoms with Gasteiger partial charge in [-0.3, -0.25) is 0 Å². The number of benzene rings is 2. The van der Waals surface area contributed by atoms with Gasteiger partial charge in [-0.2, -0.15) is 0 Å². The van der Waals surface area contributed by atoms with Crippen molar-refractivity contribution >= 4 is 56.0 Å². The smallest absolute Gasteiger partial charge is 0.0466 e. The van der Waals surface area contributed by atoms with Crippen LogP contribution in [0.3, 0.4) is 0 Å². The fraction of sp³-hybridized carbons (Fsp3) is 0. The quantitative estimate of drug-likeness (QED) is 0.574. The second kappa shape index (κ2) is 5.42. The highest BCUT2D eigenvalue weighted by Crippen LogP contribution is 2.33. The molecule has 0 saturated heterocycles. The summed E-state index contributed by atoms with van der Waals surface area (Å²) in [4.78, 5) is 2.28. The van der Waals surface area contributed by atoms with Gasteiger partial charge in [-0.15, -0.1) is 0 Å². The Morgan fingerprint density at radius 1 is 1.12 bits per heavy atom. The van der Waals surface area contributed by atoms with E-state index in [0.29, 0.717) is 0 Å². The maximum atomic E-state index is 5.97. The fourth-order valence-corrected chi connectivity index (χ4v) is 3.24. The minimum atomic E-state index is 0.830. The molecule has 2 aromatic rings. The van der Waals surface area contributed by atoms with E-state index in [1.807, 2.05) is 18.2 Å². The first kappa shape index (κ1) is 12.3. The van der Waals surface area contributed by atoms with Crippen LogP contribution in [-0.2, 0) is 0 Å². The Labute approximate surface area is 121 Å². The second-order valence-corrected chi connectivity index (χ2v) is 6.52. The summed E-state index contributed by atoms with van der Waals surface area (Å²) in [6.45, 7) is 0. The lowest BCUT2D eigenvalue weighted by atomic mass is 10.3. The Hall–Kier alpha value is -0.200. The molecular formula is C12H9BrINS. The van der Waals surface area contributed by atoms with Gasteiger partial charge in [0, 0.05) is 23.5 Å². The number of hydrogen-bond acceptors (Lipinski definition) is 2. The summed E-state index contributed by atoms with van der Waals surface area (Å²) in [5, 5.41) is 0. The predicted octanol–water partition coefficient (Wildman–Crippen LogP) is 4.79. The van der Waals surface area contributed by atoms with Gasteiger partial charge < -0.3 is 5.73 Å². The van der Waals surface area contributed by atoms with E-state index in [4.69, 9.17) is 5.73 Å². The Morgan fingerprint density at radius 2 is 1.94 bits per heavy atom. The zero-order chi connectivity index (χ0) is 11.5. The normalized spacial score (nSPS) is 10.4. The van der Waals surface area contributed by atoms with Crippen LogP contribution in [0.25, 0.3) is 0 Å². The van der Waals surface area contributed by atoms with Gasteiger partial charge in [-0.05, 0) is 59.0 Å². The maximum Gasteiger partial charge on any atom is 0.0466 e. The molecule has 0 aliphatic heterocycles. The minimum Gasteiger partial charge on any atom is -0.398 e. The predicted molar refractivity (Wildman–Crippen MR) is 81.8 cm³/mol. The van der Waals surface area contributed by atoms with Crippen LogP contribution >= 0.6 is 50.3 Å². The summed E-state index contributed by atoms with van der Waals surface area (Å²) in [5.41, 5.74) is 6.80. The van der Waals surface area contributed by atoms with Crippen molar-refractivity contribution < 1.29 is 0 Å². The molecule has 0 atom stereocenters. The van der Waals surface area contributed by atoms with Crippen molar-refractivity contribution in [3.63, 3.8) is 0 Å². The van der Waals surface area contributed by atoms with Crippen LogP contribution < -0.4 is 5.73 Å². The van der Waals surface area contributed by atoms with Gasteiger partial charge in [0.05, 0.1) is 0 Å². The van der Waals surface area contributed by atoms with Gasteiger partial charge in [-0.1, -0.05) is 33.8 Å². The number of nitrogen functional groups attached to an aromatic ring is 1. The Morgan fingerprint density at radius 3 is 2.62 bits per heavy atom. The molecular weight excluding hydrogens is 397 g/mol. The second-order valence-electron chi connectivity index (χ2n) is 3.24. The average Bonchev–Trinajstić information content (AvgIpc) is 2.22. The molecule has 0 spiro atoms. The van der Waals surface area contributed by atoms with Crippen molar-refractivity contribution in [2.45, 2.75) is 9.79 Å². The molecule has 82 valence electrons. The summed E-state index contributed by atoms with van der Waals surface area (Å²) in [5.74, 6) is 0. The maximum absolute atomic E-state index is 5.97. The largest absolute Gasteiger partial charge is 0.398 e. The molecule has 2 rings (SSSR count). The molecule has 4 heteroatoms. The number of rotatable bonds is 2. The van der Waals surface area contributed by atoms with E-state index < -0.39 is 0 Å². The van der Waals surface area contributed by atoms with E-state index in [-0.39, 0.29) is 0 Å². The van der Waals surface area contributed by atoms with Gasteiger partial charge in [0.2, 0.25) is 0 Å². The molecule has 0 aromatic heterocycles. The lowest BCUT2D eigenvalue weighted by molar-refractivity contribution is 1.39. The van der Waals surface area contributed by atoms with E-state index in [0.717, 1.165) is 18.6 Å². The summed E-state index contributed by atoms with van der Waals surface area (Å²) >= 11 is 7.40.